The topological polar surface area (TPSA) is 26.3 Å². The molecule has 0 aliphatic rings. The smallest absolute Gasteiger partial charge is 0.305 e. The van der Waals surface area contributed by atoms with Gasteiger partial charge in [0.05, 0.1) is 7.11 Å². The van der Waals surface area contributed by atoms with Gasteiger partial charge in [-0.25, -0.2) is 0 Å². The summed E-state index contributed by atoms with van der Waals surface area (Å²) < 4.78 is 4.62. The fraction of sp³-hybridized carbons (Fsp3) is 0.833. The van der Waals surface area contributed by atoms with Crippen molar-refractivity contribution in [1.82, 2.24) is 0 Å². The zero-order chi connectivity index (χ0) is 15.1. The summed E-state index contributed by atoms with van der Waals surface area (Å²) in [4.78, 5) is 10.9. The van der Waals surface area contributed by atoms with Crippen molar-refractivity contribution in [2.24, 2.45) is 5.92 Å². The highest BCUT2D eigenvalue weighted by Gasteiger charge is 2.00. The van der Waals surface area contributed by atoms with Gasteiger partial charge in [0.1, 0.15) is 0 Å². The van der Waals surface area contributed by atoms with Crippen LogP contribution < -0.4 is 0 Å². The van der Waals surface area contributed by atoms with Crippen LogP contribution in [0.15, 0.2) is 12.2 Å². The van der Waals surface area contributed by atoms with Crippen LogP contribution >= 0.6 is 0 Å². The van der Waals surface area contributed by atoms with Crippen LogP contribution in [-0.2, 0) is 9.53 Å². The lowest BCUT2D eigenvalue weighted by atomic mass is 10.0. The molecule has 0 rings (SSSR count). The molecular formula is C18H34O2. The van der Waals surface area contributed by atoms with E-state index in [2.05, 4.69) is 30.7 Å². The minimum Gasteiger partial charge on any atom is -0.469 e. The number of rotatable bonds is 13. The van der Waals surface area contributed by atoms with Gasteiger partial charge in [0.25, 0.3) is 0 Å². The van der Waals surface area contributed by atoms with Crippen LogP contribution in [0.25, 0.3) is 0 Å². The zero-order valence-corrected chi connectivity index (χ0v) is 13.8. The first kappa shape index (κ1) is 19.2. The molecule has 0 N–H and O–H groups in total. The normalized spacial score (nSPS) is 12.8. The van der Waals surface area contributed by atoms with Crippen molar-refractivity contribution in [1.29, 1.82) is 0 Å². The second-order valence-electron chi connectivity index (χ2n) is 5.78. The molecular weight excluding hydrogens is 248 g/mol. The lowest BCUT2D eigenvalue weighted by Gasteiger charge is -2.06. The standard InChI is InChI=1S/C18H34O2/c1-4-5-6-8-11-14-17(2)15-12-9-7-10-13-16-18(19)20-3/h11,14,17H,4-10,12-13,15-16H2,1-3H3. The van der Waals surface area contributed by atoms with E-state index in [4.69, 9.17) is 0 Å². The van der Waals surface area contributed by atoms with Gasteiger partial charge in [-0.1, -0.05) is 64.5 Å². The highest BCUT2D eigenvalue weighted by molar-refractivity contribution is 5.68. The summed E-state index contributed by atoms with van der Waals surface area (Å²) in [6.07, 6.45) is 17.8. The molecule has 0 fully saturated rings. The molecule has 0 saturated carbocycles. The van der Waals surface area contributed by atoms with E-state index in [-0.39, 0.29) is 5.97 Å². The number of carbonyl (C=O) groups excluding carboxylic acids is 1. The fourth-order valence-corrected chi connectivity index (χ4v) is 2.30. The highest BCUT2D eigenvalue weighted by atomic mass is 16.5. The predicted molar refractivity (Wildman–Crippen MR) is 86.8 cm³/mol. The summed E-state index contributed by atoms with van der Waals surface area (Å²) in [5.74, 6) is 0.638. The molecule has 0 aromatic heterocycles. The molecule has 2 heteroatoms. The van der Waals surface area contributed by atoms with E-state index in [9.17, 15) is 4.79 Å². The van der Waals surface area contributed by atoms with Gasteiger partial charge in [-0.2, -0.15) is 0 Å². The molecule has 0 aliphatic carbocycles. The van der Waals surface area contributed by atoms with E-state index >= 15 is 0 Å². The summed E-state index contributed by atoms with van der Waals surface area (Å²) >= 11 is 0. The molecule has 0 aromatic carbocycles. The van der Waals surface area contributed by atoms with Crippen molar-refractivity contribution >= 4 is 5.97 Å². The predicted octanol–water partition coefficient (Wildman–Crippen LogP) is 5.66. The minimum absolute atomic E-state index is 0.0770. The molecule has 0 aromatic rings. The number of allylic oxidation sites excluding steroid dienone is 2. The lowest BCUT2D eigenvalue weighted by Crippen LogP contribution is -1.99. The van der Waals surface area contributed by atoms with Gasteiger partial charge in [0.2, 0.25) is 0 Å². The first-order chi connectivity index (χ1) is 9.70. The van der Waals surface area contributed by atoms with E-state index < -0.39 is 0 Å². The summed E-state index contributed by atoms with van der Waals surface area (Å²) in [5, 5.41) is 0. The van der Waals surface area contributed by atoms with E-state index in [0.717, 1.165) is 12.8 Å². The van der Waals surface area contributed by atoms with Crippen LogP contribution in [0.4, 0.5) is 0 Å². The molecule has 0 amide bonds. The molecule has 0 bridgehead atoms. The molecule has 0 radical (unpaired) electrons. The maximum Gasteiger partial charge on any atom is 0.305 e. The first-order valence-corrected chi connectivity index (χ1v) is 8.44. The van der Waals surface area contributed by atoms with Crippen molar-refractivity contribution in [3.05, 3.63) is 12.2 Å². The molecule has 2 nitrogen and oxygen atoms in total. The maximum atomic E-state index is 10.9. The van der Waals surface area contributed by atoms with Gasteiger partial charge in [0, 0.05) is 6.42 Å². The van der Waals surface area contributed by atoms with E-state index in [0.29, 0.717) is 12.3 Å². The molecule has 1 atom stereocenters. The van der Waals surface area contributed by atoms with Crippen LogP contribution in [-0.4, -0.2) is 13.1 Å². The number of unbranched alkanes of at least 4 members (excludes halogenated alkanes) is 7. The molecule has 0 heterocycles. The number of esters is 1. The van der Waals surface area contributed by atoms with Crippen LogP contribution in [0.1, 0.15) is 84.5 Å². The van der Waals surface area contributed by atoms with Crippen molar-refractivity contribution in [3.8, 4) is 0 Å². The zero-order valence-electron chi connectivity index (χ0n) is 13.8. The number of carbonyl (C=O) groups is 1. The largest absolute Gasteiger partial charge is 0.469 e. The summed E-state index contributed by atoms with van der Waals surface area (Å²) in [6.45, 7) is 4.56. The summed E-state index contributed by atoms with van der Waals surface area (Å²) in [5.41, 5.74) is 0. The second-order valence-corrected chi connectivity index (χ2v) is 5.78. The van der Waals surface area contributed by atoms with Gasteiger partial charge >= 0.3 is 5.97 Å². The average molecular weight is 282 g/mol. The van der Waals surface area contributed by atoms with E-state index in [1.54, 1.807) is 0 Å². The fourth-order valence-electron chi connectivity index (χ4n) is 2.30. The Bertz CT molecular complexity index is 246. The van der Waals surface area contributed by atoms with Crippen molar-refractivity contribution in [2.75, 3.05) is 7.11 Å². The second kappa shape index (κ2) is 14.6. The van der Waals surface area contributed by atoms with Crippen molar-refractivity contribution in [3.63, 3.8) is 0 Å². The molecule has 0 spiro atoms. The van der Waals surface area contributed by atoms with Crippen LogP contribution in [0, 0.1) is 5.92 Å². The van der Waals surface area contributed by atoms with Gasteiger partial charge in [-0.15, -0.1) is 0 Å². The van der Waals surface area contributed by atoms with E-state index in [1.165, 1.54) is 58.5 Å². The third-order valence-electron chi connectivity index (χ3n) is 3.71. The Balaban J connectivity index is 3.30. The Morgan fingerprint density at radius 3 is 2.45 bits per heavy atom. The third-order valence-corrected chi connectivity index (χ3v) is 3.71. The molecule has 1 unspecified atom stereocenters. The average Bonchev–Trinajstić information content (AvgIpc) is 2.45. The molecule has 20 heavy (non-hydrogen) atoms. The van der Waals surface area contributed by atoms with Gasteiger partial charge in [0.15, 0.2) is 0 Å². The summed E-state index contributed by atoms with van der Waals surface area (Å²) in [6, 6.07) is 0. The summed E-state index contributed by atoms with van der Waals surface area (Å²) in [7, 11) is 1.46. The number of methoxy groups -OCH3 is 1. The number of ether oxygens (including phenoxy) is 1. The van der Waals surface area contributed by atoms with Gasteiger partial charge in [-0.05, 0) is 31.6 Å². The van der Waals surface area contributed by atoms with E-state index in [1.807, 2.05) is 0 Å². The van der Waals surface area contributed by atoms with Crippen LogP contribution in [0.3, 0.4) is 0 Å². The Hall–Kier alpha value is -0.790. The quantitative estimate of drug-likeness (QED) is 0.247. The van der Waals surface area contributed by atoms with Crippen LogP contribution in [0.2, 0.25) is 0 Å². The van der Waals surface area contributed by atoms with Crippen molar-refractivity contribution in [2.45, 2.75) is 84.5 Å². The first-order valence-electron chi connectivity index (χ1n) is 8.44. The third kappa shape index (κ3) is 13.6. The number of hydrogen-bond donors (Lipinski definition) is 0. The van der Waals surface area contributed by atoms with Gasteiger partial charge in [-0.3, -0.25) is 4.79 Å². The minimum atomic E-state index is -0.0770. The molecule has 0 aliphatic heterocycles. The Morgan fingerprint density at radius 1 is 1.05 bits per heavy atom. The highest BCUT2D eigenvalue weighted by Crippen LogP contribution is 2.14. The maximum absolute atomic E-state index is 10.9. The monoisotopic (exact) mass is 282 g/mol. The Kier molecular flexibility index (Phi) is 14.0. The lowest BCUT2D eigenvalue weighted by molar-refractivity contribution is -0.140. The van der Waals surface area contributed by atoms with Crippen LogP contribution in [0.5, 0.6) is 0 Å². The Morgan fingerprint density at radius 2 is 1.75 bits per heavy atom. The SMILES string of the molecule is CCCCCC=CC(C)CCCCCCCC(=O)OC. The molecule has 0 saturated heterocycles. The van der Waals surface area contributed by atoms with Crippen molar-refractivity contribution < 1.29 is 9.53 Å². The van der Waals surface area contributed by atoms with Gasteiger partial charge < -0.3 is 4.74 Å². The Labute approximate surface area is 126 Å². The molecule has 118 valence electrons. The number of hydrogen-bond acceptors (Lipinski definition) is 2.